The molecule has 3 aromatic rings. The topological polar surface area (TPSA) is 206 Å². The zero-order valence-electron chi connectivity index (χ0n) is 13.6. The van der Waals surface area contributed by atoms with Crippen LogP contribution in [0.3, 0.4) is 0 Å². The van der Waals surface area contributed by atoms with Crippen molar-refractivity contribution in [2.75, 3.05) is 12.3 Å². The number of anilines is 1. The van der Waals surface area contributed by atoms with E-state index in [1.807, 2.05) is 0 Å². The second-order valence-corrected chi connectivity index (χ2v) is 5.94. The first kappa shape index (κ1) is 17.3. The Morgan fingerprint density at radius 3 is 2.78 bits per heavy atom. The maximum absolute atomic E-state index is 11.3. The average Bonchev–Trinajstić information content (AvgIpc) is 3.34. The Labute approximate surface area is 150 Å². The van der Waals surface area contributed by atoms with Gasteiger partial charge in [-0.1, -0.05) is 0 Å². The number of fused-ring (bicyclic) bond motifs is 1. The number of hydrogen-bond donors (Lipinski definition) is 6. The molecule has 0 spiro atoms. The minimum atomic E-state index is -1.35. The van der Waals surface area contributed by atoms with Gasteiger partial charge in [0.1, 0.15) is 35.1 Å². The van der Waals surface area contributed by atoms with Gasteiger partial charge in [-0.3, -0.25) is 9.67 Å². The summed E-state index contributed by atoms with van der Waals surface area (Å²) in [7, 11) is 0. The standard InChI is InChI=1S/C14H15N7O6/c15-10-7-12(19-11(18-10)6-4(14(25)26)1-17-20-6)21(3-16-7)13-9(24)8(23)5(2-22)27-13/h1,3,5,8-9,13,22-24H,2H2,(H,17,20)(H,25,26)(H2,15,18,19)/t5-,8-,9-,13-/m1/s1. The molecule has 4 rings (SSSR count). The molecule has 4 heterocycles. The molecule has 7 N–H and O–H groups in total. The molecular weight excluding hydrogens is 362 g/mol. The maximum atomic E-state index is 11.3. The predicted molar refractivity (Wildman–Crippen MR) is 87.3 cm³/mol. The number of carboxylic acids is 1. The molecule has 0 radical (unpaired) electrons. The van der Waals surface area contributed by atoms with Crippen molar-refractivity contribution in [1.82, 2.24) is 29.7 Å². The van der Waals surface area contributed by atoms with Crippen LogP contribution in [0, 0.1) is 0 Å². The van der Waals surface area contributed by atoms with E-state index < -0.39 is 37.1 Å². The van der Waals surface area contributed by atoms with Gasteiger partial charge in [-0.25, -0.2) is 19.7 Å². The van der Waals surface area contributed by atoms with E-state index in [1.165, 1.54) is 17.1 Å². The number of imidazole rings is 1. The number of nitrogen functional groups attached to an aromatic ring is 1. The molecule has 0 unspecified atom stereocenters. The predicted octanol–water partition coefficient (Wildman–Crippen LogP) is -1.89. The van der Waals surface area contributed by atoms with E-state index in [9.17, 15) is 25.2 Å². The zero-order valence-corrected chi connectivity index (χ0v) is 13.6. The molecule has 0 aromatic carbocycles. The molecular formula is C14H15N7O6. The van der Waals surface area contributed by atoms with Gasteiger partial charge < -0.3 is 30.9 Å². The van der Waals surface area contributed by atoms with Crippen LogP contribution in [-0.4, -0.2) is 81.0 Å². The molecule has 0 saturated carbocycles. The third-order valence-corrected chi connectivity index (χ3v) is 4.32. The normalized spacial score (nSPS) is 25.3. The Balaban J connectivity index is 1.84. The first-order valence-corrected chi connectivity index (χ1v) is 7.82. The van der Waals surface area contributed by atoms with Crippen LogP contribution in [0.1, 0.15) is 16.6 Å². The van der Waals surface area contributed by atoms with E-state index in [0.29, 0.717) is 0 Å². The number of ether oxygens (including phenoxy) is 1. The summed E-state index contributed by atoms with van der Waals surface area (Å²) in [6.07, 6.45) is -2.23. The largest absolute Gasteiger partial charge is 0.478 e. The summed E-state index contributed by atoms with van der Waals surface area (Å²) >= 11 is 0. The molecule has 0 amide bonds. The lowest BCUT2D eigenvalue weighted by molar-refractivity contribution is -0.0511. The van der Waals surface area contributed by atoms with Crippen molar-refractivity contribution in [3.63, 3.8) is 0 Å². The number of carbonyl (C=O) groups is 1. The fraction of sp³-hybridized carbons (Fsp3) is 0.357. The van der Waals surface area contributed by atoms with E-state index in [4.69, 9.17) is 10.5 Å². The van der Waals surface area contributed by atoms with Crippen LogP contribution < -0.4 is 5.73 Å². The number of aliphatic hydroxyl groups is 3. The van der Waals surface area contributed by atoms with Crippen LogP contribution in [0.25, 0.3) is 22.7 Å². The summed E-state index contributed by atoms with van der Waals surface area (Å²) in [5.41, 5.74) is 6.09. The molecule has 13 nitrogen and oxygen atoms in total. The summed E-state index contributed by atoms with van der Waals surface area (Å²) in [6, 6.07) is 0. The monoisotopic (exact) mass is 377 g/mol. The van der Waals surface area contributed by atoms with Crippen molar-refractivity contribution < 1.29 is 30.0 Å². The highest BCUT2D eigenvalue weighted by Gasteiger charge is 2.44. The third kappa shape index (κ3) is 2.60. The number of nitrogens with two attached hydrogens (primary N) is 1. The summed E-state index contributed by atoms with van der Waals surface area (Å²) in [6.45, 7) is -0.487. The highest BCUT2D eigenvalue weighted by molar-refractivity contribution is 5.94. The first-order valence-electron chi connectivity index (χ1n) is 7.82. The van der Waals surface area contributed by atoms with Gasteiger partial charge in [0.2, 0.25) is 0 Å². The molecule has 1 aliphatic heterocycles. The molecule has 27 heavy (non-hydrogen) atoms. The first-order chi connectivity index (χ1) is 12.9. The Bertz CT molecular complexity index is 1020. The summed E-state index contributed by atoms with van der Waals surface area (Å²) in [5, 5.41) is 44.9. The number of nitrogens with one attached hydrogen (secondary N) is 1. The zero-order chi connectivity index (χ0) is 19.3. The number of hydrogen-bond acceptors (Lipinski definition) is 10. The van der Waals surface area contributed by atoms with Crippen LogP contribution in [0.2, 0.25) is 0 Å². The second kappa shape index (κ2) is 6.24. The smallest absolute Gasteiger partial charge is 0.339 e. The number of H-pyrrole nitrogens is 1. The molecule has 1 aliphatic rings. The molecule has 142 valence electrons. The van der Waals surface area contributed by atoms with Gasteiger partial charge in [0.05, 0.1) is 12.9 Å². The Hall–Kier alpha value is -3.13. The van der Waals surface area contributed by atoms with Crippen LogP contribution in [-0.2, 0) is 4.74 Å². The summed E-state index contributed by atoms with van der Waals surface area (Å²) in [4.78, 5) is 23.7. The van der Waals surface area contributed by atoms with E-state index in [1.54, 1.807) is 0 Å². The van der Waals surface area contributed by atoms with Crippen LogP contribution in [0.4, 0.5) is 5.82 Å². The van der Waals surface area contributed by atoms with Crippen molar-refractivity contribution in [1.29, 1.82) is 0 Å². The fourth-order valence-corrected chi connectivity index (χ4v) is 2.96. The van der Waals surface area contributed by atoms with Gasteiger partial charge in [0, 0.05) is 6.20 Å². The molecule has 3 aromatic heterocycles. The van der Waals surface area contributed by atoms with Gasteiger partial charge in [-0.15, -0.1) is 0 Å². The van der Waals surface area contributed by atoms with Gasteiger partial charge in [-0.2, -0.15) is 5.10 Å². The van der Waals surface area contributed by atoms with E-state index in [0.717, 1.165) is 0 Å². The minimum absolute atomic E-state index is 0.0231. The number of aromatic amines is 1. The van der Waals surface area contributed by atoms with E-state index >= 15 is 0 Å². The number of aliphatic hydroxyl groups excluding tert-OH is 3. The lowest BCUT2D eigenvalue weighted by Crippen LogP contribution is -2.33. The van der Waals surface area contributed by atoms with Crippen molar-refractivity contribution in [3.05, 3.63) is 18.1 Å². The maximum Gasteiger partial charge on any atom is 0.339 e. The molecule has 0 bridgehead atoms. The number of carboxylic acid groups (broad SMARTS) is 1. The van der Waals surface area contributed by atoms with Crippen molar-refractivity contribution in [2.45, 2.75) is 24.5 Å². The van der Waals surface area contributed by atoms with Crippen molar-refractivity contribution >= 4 is 23.0 Å². The molecule has 13 heteroatoms. The molecule has 1 saturated heterocycles. The van der Waals surface area contributed by atoms with Crippen LogP contribution in [0.15, 0.2) is 12.5 Å². The van der Waals surface area contributed by atoms with Crippen LogP contribution >= 0.6 is 0 Å². The number of rotatable bonds is 4. The average molecular weight is 377 g/mol. The Morgan fingerprint density at radius 2 is 2.11 bits per heavy atom. The molecule has 4 atom stereocenters. The lowest BCUT2D eigenvalue weighted by atomic mass is 10.1. The SMILES string of the molecule is Nc1nc(-c2n[nH]cc2C(=O)O)nc2c1ncn2[C@@H]1O[C@H](CO)[C@@H](O)[C@H]1O. The van der Waals surface area contributed by atoms with Gasteiger partial charge >= 0.3 is 5.97 Å². The second-order valence-electron chi connectivity index (χ2n) is 5.94. The highest BCUT2D eigenvalue weighted by atomic mass is 16.6. The number of aromatic nitrogens is 6. The Morgan fingerprint density at radius 1 is 1.33 bits per heavy atom. The van der Waals surface area contributed by atoms with Crippen LogP contribution in [0.5, 0.6) is 0 Å². The van der Waals surface area contributed by atoms with Crippen molar-refractivity contribution in [2.24, 2.45) is 0 Å². The lowest BCUT2D eigenvalue weighted by Gasteiger charge is -2.16. The van der Waals surface area contributed by atoms with E-state index in [2.05, 4.69) is 25.1 Å². The molecule has 1 fully saturated rings. The van der Waals surface area contributed by atoms with Gasteiger partial charge in [0.15, 0.2) is 23.5 Å². The van der Waals surface area contributed by atoms with Crippen molar-refractivity contribution in [3.8, 4) is 11.5 Å². The summed E-state index contributed by atoms with van der Waals surface area (Å²) in [5.74, 6) is -1.31. The fourth-order valence-electron chi connectivity index (χ4n) is 2.96. The number of nitrogens with zero attached hydrogens (tertiary/aromatic N) is 5. The third-order valence-electron chi connectivity index (χ3n) is 4.32. The quantitative estimate of drug-likeness (QED) is 0.296. The van der Waals surface area contributed by atoms with Gasteiger partial charge in [-0.05, 0) is 0 Å². The molecule has 0 aliphatic carbocycles. The highest BCUT2D eigenvalue weighted by Crippen LogP contribution is 2.32. The Kier molecular flexibility index (Phi) is 4.00. The van der Waals surface area contributed by atoms with Gasteiger partial charge in [0.25, 0.3) is 0 Å². The minimum Gasteiger partial charge on any atom is -0.478 e. The number of aromatic carboxylic acids is 1. The van der Waals surface area contributed by atoms with E-state index in [-0.39, 0.29) is 34.1 Å². The summed E-state index contributed by atoms with van der Waals surface area (Å²) < 4.78 is 6.80.